The van der Waals surface area contributed by atoms with Crippen molar-refractivity contribution >= 4 is 21.7 Å². The first-order valence-electron chi connectivity index (χ1n) is 5.67. The summed E-state index contributed by atoms with van der Waals surface area (Å²) in [5.74, 6) is -1.29. The summed E-state index contributed by atoms with van der Waals surface area (Å²) in [5, 5.41) is 19.5. The summed E-state index contributed by atoms with van der Waals surface area (Å²) in [7, 11) is -4.08. The molecule has 20 heavy (non-hydrogen) atoms. The van der Waals surface area contributed by atoms with Crippen LogP contribution in [-0.4, -0.2) is 41.8 Å². The van der Waals surface area contributed by atoms with Crippen LogP contribution < -0.4 is 0 Å². The summed E-state index contributed by atoms with van der Waals surface area (Å²) in [5.41, 5.74) is -0.334. The van der Waals surface area contributed by atoms with Crippen molar-refractivity contribution in [2.24, 2.45) is 0 Å². The van der Waals surface area contributed by atoms with Crippen LogP contribution in [0.15, 0.2) is 23.1 Å². The summed E-state index contributed by atoms with van der Waals surface area (Å²) < 4.78 is 25.4. The van der Waals surface area contributed by atoms with Crippen molar-refractivity contribution in [3.63, 3.8) is 0 Å². The zero-order valence-corrected chi connectivity index (χ0v) is 11.8. The molecule has 0 aliphatic rings. The van der Waals surface area contributed by atoms with E-state index in [4.69, 9.17) is 5.11 Å². The maximum atomic E-state index is 12.3. The third-order valence-electron chi connectivity index (χ3n) is 2.73. The molecule has 0 bridgehead atoms. The second-order valence-corrected chi connectivity index (χ2v) is 5.89. The molecule has 0 fully saturated rings. The van der Waals surface area contributed by atoms with Gasteiger partial charge in [0, 0.05) is 18.2 Å². The quantitative estimate of drug-likeness (QED) is 0.618. The van der Waals surface area contributed by atoms with Gasteiger partial charge in [-0.1, -0.05) is 13.0 Å². The predicted octanol–water partition coefficient (Wildman–Crippen LogP) is 0.998. The highest BCUT2D eigenvalue weighted by atomic mass is 32.2. The van der Waals surface area contributed by atoms with Crippen molar-refractivity contribution in [1.29, 1.82) is 0 Å². The van der Waals surface area contributed by atoms with E-state index < -0.39 is 27.5 Å². The second-order valence-electron chi connectivity index (χ2n) is 3.98. The third kappa shape index (κ3) is 3.11. The van der Waals surface area contributed by atoms with Gasteiger partial charge in [-0.25, -0.2) is 8.42 Å². The molecule has 1 rings (SSSR count). The molecule has 0 spiro atoms. The Hall–Kier alpha value is -2.00. The Morgan fingerprint density at radius 2 is 2.05 bits per heavy atom. The molecule has 0 saturated carbocycles. The highest BCUT2D eigenvalue weighted by Gasteiger charge is 2.29. The summed E-state index contributed by atoms with van der Waals surface area (Å²) in [6.45, 7) is 2.07. The van der Waals surface area contributed by atoms with Crippen molar-refractivity contribution in [3.05, 3.63) is 33.9 Å². The lowest BCUT2D eigenvalue weighted by molar-refractivity contribution is -0.385. The lowest BCUT2D eigenvalue weighted by Gasteiger charge is -2.19. The van der Waals surface area contributed by atoms with Crippen LogP contribution in [0.25, 0.3) is 0 Å². The Kier molecular flexibility index (Phi) is 4.79. The van der Waals surface area contributed by atoms with E-state index in [1.807, 2.05) is 0 Å². The molecule has 110 valence electrons. The molecule has 0 aliphatic heterocycles. The number of carboxylic acids is 1. The van der Waals surface area contributed by atoms with E-state index in [0.717, 1.165) is 4.31 Å². The fourth-order valence-corrected chi connectivity index (χ4v) is 3.38. The molecule has 0 radical (unpaired) electrons. The van der Waals surface area contributed by atoms with E-state index >= 15 is 0 Å². The van der Waals surface area contributed by atoms with Gasteiger partial charge in [-0.05, 0) is 13.0 Å². The molecule has 8 nitrogen and oxygen atoms in total. The Morgan fingerprint density at radius 3 is 2.50 bits per heavy atom. The zero-order chi connectivity index (χ0) is 15.5. The number of carbonyl (C=O) groups is 1. The Bertz CT molecular complexity index is 640. The summed E-state index contributed by atoms with van der Waals surface area (Å²) in [6, 6.07) is 3.68. The van der Waals surface area contributed by atoms with E-state index in [2.05, 4.69) is 0 Å². The molecule has 0 amide bonds. The number of likely N-dealkylation sites (N-methyl/N-ethyl adjacent to an activating group) is 1. The molecule has 0 aliphatic carbocycles. The van der Waals surface area contributed by atoms with Crippen LogP contribution >= 0.6 is 0 Å². The van der Waals surface area contributed by atoms with Crippen molar-refractivity contribution in [2.45, 2.75) is 18.7 Å². The Labute approximate surface area is 115 Å². The first kappa shape index (κ1) is 16.1. The van der Waals surface area contributed by atoms with E-state index in [9.17, 15) is 23.3 Å². The van der Waals surface area contributed by atoms with Gasteiger partial charge in [-0.3, -0.25) is 14.9 Å². The third-order valence-corrected chi connectivity index (χ3v) is 4.80. The lowest BCUT2D eigenvalue weighted by atomic mass is 10.2. The second kappa shape index (κ2) is 5.97. The van der Waals surface area contributed by atoms with Crippen molar-refractivity contribution in [2.75, 3.05) is 13.1 Å². The normalized spacial score (nSPS) is 11.6. The molecule has 9 heteroatoms. The van der Waals surface area contributed by atoms with Crippen molar-refractivity contribution in [1.82, 2.24) is 4.31 Å². The molecular weight excluding hydrogens is 288 g/mol. The summed E-state index contributed by atoms with van der Waals surface area (Å²) in [4.78, 5) is 20.6. The molecule has 1 N–H and O–H groups in total. The lowest BCUT2D eigenvalue weighted by Crippen LogP contribution is -2.35. The van der Waals surface area contributed by atoms with E-state index in [1.54, 1.807) is 0 Å². The SMILES string of the molecule is CCN(CC(=O)O)S(=O)(=O)c1cccc([N+](=O)[O-])c1C. The molecule has 1 aromatic rings. The summed E-state index contributed by atoms with van der Waals surface area (Å²) in [6.07, 6.45) is 0. The van der Waals surface area contributed by atoms with E-state index in [1.165, 1.54) is 32.0 Å². The van der Waals surface area contributed by atoms with Gasteiger partial charge in [-0.2, -0.15) is 4.31 Å². The largest absolute Gasteiger partial charge is 0.480 e. The number of sulfonamides is 1. The van der Waals surface area contributed by atoms with Gasteiger partial charge < -0.3 is 5.11 Å². The number of hydrogen-bond acceptors (Lipinski definition) is 5. The first-order valence-corrected chi connectivity index (χ1v) is 7.11. The van der Waals surface area contributed by atoms with Gasteiger partial charge in [0.25, 0.3) is 5.69 Å². The Balaban J connectivity index is 3.38. The number of benzene rings is 1. The monoisotopic (exact) mass is 302 g/mol. The number of rotatable bonds is 6. The predicted molar refractivity (Wildman–Crippen MR) is 69.9 cm³/mol. The molecule has 1 aromatic carbocycles. The number of hydrogen-bond donors (Lipinski definition) is 1. The number of carboxylic acid groups (broad SMARTS) is 1. The highest BCUT2D eigenvalue weighted by molar-refractivity contribution is 7.89. The fourth-order valence-electron chi connectivity index (χ4n) is 1.74. The molecule has 0 heterocycles. The van der Waals surface area contributed by atoms with Crippen molar-refractivity contribution in [3.8, 4) is 0 Å². The van der Waals surface area contributed by atoms with Gasteiger partial charge >= 0.3 is 5.97 Å². The minimum atomic E-state index is -4.08. The van der Waals surface area contributed by atoms with Crippen LogP contribution in [0, 0.1) is 17.0 Å². The maximum Gasteiger partial charge on any atom is 0.318 e. The average Bonchev–Trinajstić information content (AvgIpc) is 2.35. The van der Waals surface area contributed by atoms with Crippen LogP contribution in [0.2, 0.25) is 0 Å². The van der Waals surface area contributed by atoms with Gasteiger partial charge in [0.1, 0.15) is 6.54 Å². The van der Waals surface area contributed by atoms with Crippen LogP contribution in [0.4, 0.5) is 5.69 Å². The maximum absolute atomic E-state index is 12.3. The average molecular weight is 302 g/mol. The standard InChI is InChI=1S/C11H14N2O6S/c1-3-12(7-11(14)15)20(18,19)10-6-4-5-9(8(10)2)13(16)17/h4-6H,3,7H2,1-2H3,(H,14,15). The van der Waals surface area contributed by atoms with Crippen LogP contribution in [0.1, 0.15) is 12.5 Å². The minimum Gasteiger partial charge on any atom is -0.480 e. The first-order chi connectivity index (χ1) is 9.21. The highest BCUT2D eigenvalue weighted by Crippen LogP contribution is 2.26. The topological polar surface area (TPSA) is 118 Å². The van der Waals surface area contributed by atoms with Gasteiger partial charge in [-0.15, -0.1) is 0 Å². The number of nitrogens with zero attached hydrogens (tertiary/aromatic N) is 2. The molecule has 0 unspecified atom stereocenters. The number of aliphatic carboxylic acids is 1. The Morgan fingerprint density at radius 1 is 1.45 bits per heavy atom. The number of nitro groups is 1. The molecule has 0 saturated heterocycles. The zero-order valence-electron chi connectivity index (χ0n) is 10.9. The summed E-state index contributed by atoms with van der Waals surface area (Å²) >= 11 is 0. The van der Waals surface area contributed by atoms with Crippen LogP contribution in [-0.2, 0) is 14.8 Å². The van der Waals surface area contributed by atoms with Gasteiger partial charge in [0.05, 0.1) is 9.82 Å². The van der Waals surface area contributed by atoms with Gasteiger partial charge in [0.2, 0.25) is 10.0 Å². The van der Waals surface area contributed by atoms with Gasteiger partial charge in [0.15, 0.2) is 0 Å². The molecule has 0 atom stereocenters. The molecule has 0 aromatic heterocycles. The minimum absolute atomic E-state index is 0.0126. The fraction of sp³-hybridized carbons (Fsp3) is 0.364. The van der Waals surface area contributed by atoms with Crippen molar-refractivity contribution < 1.29 is 23.2 Å². The van der Waals surface area contributed by atoms with E-state index in [0.29, 0.717) is 0 Å². The molecular formula is C11H14N2O6S. The van der Waals surface area contributed by atoms with E-state index in [-0.39, 0.29) is 22.7 Å². The van der Waals surface area contributed by atoms with Crippen LogP contribution in [0.3, 0.4) is 0 Å². The van der Waals surface area contributed by atoms with Crippen LogP contribution in [0.5, 0.6) is 0 Å². The smallest absolute Gasteiger partial charge is 0.318 e. The number of nitro benzene ring substituents is 1.